The maximum Gasteiger partial charge on any atom is 0.312 e. The molecule has 0 unspecified atom stereocenters. The molecule has 0 saturated heterocycles. The number of nitro groups is 1. The summed E-state index contributed by atoms with van der Waals surface area (Å²) in [5, 5.41) is 19.1. The summed E-state index contributed by atoms with van der Waals surface area (Å²) in [4.78, 5) is 22.8. The van der Waals surface area contributed by atoms with E-state index in [1.165, 1.54) is 23.4 Å². The van der Waals surface area contributed by atoms with Gasteiger partial charge in [-0.15, -0.1) is 0 Å². The summed E-state index contributed by atoms with van der Waals surface area (Å²) >= 11 is 0. The zero-order valence-electron chi connectivity index (χ0n) is 19.6. The van der Waals surface area contributed by atoms with Crippen molar-refractivity contribution in [2.75, 3.05) is 6.61 Å². The Morgan fingerprint density at radius 1 is 1.15 bits per heavy atom. The molecule has 0 spiro atoms. The van der Waals surface area contributed by atoms with Crippen LogP contribution in [0.2, 0.25) is 0 Å². The monoisotopic (exact) mass is 465 g/mol. The number of hydrogen-bond donors (Lipinski definition) is 1. The molecule has 1 amide bonds. The van der Waals surface area contributed by atoms with Crippen LogP contribution in [0.1, 0.15) is 35.0 Å². The van der Waals surface area contributed by atoms with Crippen molar-refractivity contribution >= 4 is 17.8 Å². The molecule has 0 aliphatic carbocycles. The molecular weight excluding hydrogens is 438 g/mol. The van der Waals surface area contributed by atoms with E-state index in [0.29, 0.717) is 36.0 Å². The van der Waals surface area contributed by atoms with Gasteiger partial charge in [0.25, 0.3) is 5.91 Å². The Balaban J connectivity index is 1.62. The minimum absolute atomic E-state index is 0.0931. The molecule has 1 N–H and O–H groups in total. The van der Waals surface area contributed by atoms with E-state index in [-0.39, 0.29) is 17.9 Å². The number of aryl methyl sites for hydroxylation is 2. The van der Waals surface area contributed by atoms with Crippen LogP contribution in [0.4, 0.5) is 5.69 Å². The normalized spacial score (nSPS) is 10.9. The van der Waals surface area contributed by atoms with Crippen LogP contribution in [0.5, 0.6) is 11.5 Å². The van der Waals surface area contributed by atoms with Gasteiger partial charge in [-0.2, -0.15) is 10.2 Å². The molecule has 34 heavy (non-hydrogen) atoms. The Labute approximate surface area is 197 Å². The van der Waals surface area contributed by atoms with Gasteiger partial charge in [0, 0.05) is 0 Å². The summed E-state index contributed by atoms with van der Waals surface area (Å²) in [6.45, 7) is 7.68. The molecule has 2 aromatic carbocycles. The summed E-state index contributed by atoms with van der Waals surface area (Å²) in [5.74, 6) is 0.717. The molecule has 0 atom stereocenters. The highest BCUT2D eigenvalue weighted by atomic mass is 16.6. The minimum atomic E-state index is -0.506. The Morgan fingerprint density at radius 3 is 2.53 bits per heavy atom. The number of amides is 1. The van der Waals surface area contributed by atoms with Crippen molar-refractivity contribution in [1.82, 2.24) is 15.2 Å². The number of rotatable bonds is 10. The number of benzene rings is 2. The molecule has 178 valence electrons. The topological polar surface area (TPSA) is 121 Å². The molecule has 1 heterocycles. The lowest BCUT2D eigenvalue weighted by atomic mass is 10.2. The van der Waals surface area contributed by atoms with E-state index in [0.717, 1.165) is 5.56 Å². The summed E-state index contributed by atoms with van der Waals surface area (Å²) in [7, 11) is 0. The first-order valence-corrected chi connectivity index (χ1v) is 10.7. The second kappa shape index (κ2) is 11.1. The molecule has 0 aliphatic heterocycles. The Bertz CT molecular complexity index is 1200. The molecule has 1 aromatic heterocycles. The maximum absolute atomic E-state index is 12.2. The first kappa shape index (κ1) is 24.4. The second-order valence-corrected chi connectivity index (χ2v) is 7.64. The van der Waals surface area contributed by atoms with Gasteiger partial charge in [0.1, 0.15) is 24.5 Å². The predicted octanol–water partition coefficient (Wildman–Crippen LogP) is 3.84. The number of nitrogens with zero attached hydrogens (tertiary/aromatic N) is 4. The number of carbonyl (C=O) groups is 1. The zero-order chi connectivity index (χ0) is 24.7. The van der Waals surface area contributed by atoms with E-state index < -0.39 is 10.8 Å². The van der Waals surface area contributed by atoms with E-state index in [1.807, 2.05) is 38.1 Å². The molecule has 0 radical (unpaired) electrons. The molecule has 3 rings (SSSR count). The van der Waals surface area contributed by atoms with E-state index in [9.17, 15) is 14.9 Å². The van der Waals surface area contributed by atoms with Gasteiger partial charge < -0.3 is 9.47 Å². The number of hydrazone groups is 1. The third kappa shape index (κ3) is 6.18. The SMILES string of the molecule is CCOc1cc(C=NNC(=O)Cn2nc(C)c([N+](=O)[O-])c2C)ccc1OCc1ccc(C)cc1. The van der Waals surface area contributed by atoms with Crippen molar-refractivity contribution in [3.63, 3.8) is 0 Å². The van der Waals surface area contributed by atoms with Gasteiger partial charge >= 0.3 is 5.69 Å². The largest absolute Gasteiger partial charge is 0.490 e. The number of carbonyl (C=O) groups excluding carboxylic acids is 1. The highest BCUT2D eigenvalue weighted by molar-refractivity contribution is 5.83. The van der Waals surface area contributed by atoms with Crippen LogP contribution in [0.25, 0.3) is 0 Å². The second-order valence-electron chi connectivity index (χ2n) is 7.64. The quantitative estimate of drug-likeness (QED) is 0.276. The summed E-state index contributed by atoms with van der Waals surface area (Å²) in [5.41, 5.74) is 5.82. The molecule has 0 bridgehead atoms. The average Bonchev–Trinajstić information content (AvgIpc) is 3.07. The molecule has 0 fully saturated rings. The van der Waals surface area contributed by atoms with Crippen LogP contribution in [-0.4, -0.2) is 33.4 Å². The minimum Gasteiger partial charge on any atom is -0.490 e. The van der Waals surface area contributed by atoms with E-state index in [2.05, 4.69) is 15.6 Å². The van der Waals surface area contributed by atoms with Crippen LogP contribution in [-0.2, 0) is 17.9 Å². The Morgan fingerprint density at radius 2 is 1.88 bits per heavy atom. The fraction of sp³-hybridized carbons (Fsp3) is 0.292. The maximum atomic E-state index is 12.2. The highest BCUT2D eigenvalue weighted by Crippen LogP contribution is 2.29. The average molecular weight is 466 g/mol. The van der Waals surface area contributed by atoms with Crippen LogP contribution in [0, 0.1) is 30.9 Å². The standard InChI is InChI=1S/C24H27N5O5/c1-5-33-22-12-20(10-11-21(22)34-15-19-8-6-16(2)7-9-19)13-25-26-23(30)14-28-18(4)24(29(31)32)17(3)27-28/h6-13H,5,14-15H2,1-4H3,(H,26,30). The van der Waals surface area contributed by atoms with Crippen molar-refractivity contribution in [1.29, 1.82) is 0 Å². The van der Waals surface area contributed by atoms with Crippen LogP contribution in [0.3, 0.4) is 0 Å². The lowest BCUT2D eigenvalue weighted by molar-refractivity contribution is -0.386. The summed E-state index contributed by atoms with van der Waals surface area (Å²) in [6.07, 6.45) is 1.48. The number of hydrogen-bond acceptors (Lipinski definition) is 7. The fourth-order valence-electron chi connectivity index (χ4n) is 3.29. The van der Waals surface area contributed by atoms with Gasteiger partial charge in [-0.3, -0.25) is 19.6 Å². The highest BCUT2D eigenvalue weighted by Gasteiger charge is 2.22. The summed E-state index contributed by atoms with van der Waals surface area (Å²) in [6, 6.07) is 13.5. The third-order valence-electron chi connectivity index (χ3n) is 5.00. The van der Waals surface area contributed by atoms with Gasteiger partial charge in [-0.1, -0.05) is 29.8 Å². The van der Waals surface area contributed by atoms with Crippen molar-refractivity contribution in [2.45, 2.75) is 40.8 Å². The first-order chi connectivity index (χ1) is 16.3. The van der Waals surface area contributed by atoms with Gasteiger partial charge in [0.15, 0.2) is 11.5 Å². The molecule has 3 aromatic rings. The molecular formula is C24H27N5O5. The van der Waals surface area contributed by atoms with Gasteiger partial charge in [0.2, 0.25) is 0 Å². The molecule has 0 aliphatic rings. The molecule has 10 heteroatoms. The van der Waals surface area contributed by atoms with E-state index in [4.69, 9.17) is 9.47 Å². The van der Waals surface area contributed by atoms with Gasteiger partial charge in [0.05, 0.1) is 17.7 Å². The lowest BCUT2D eigenvalue weighted by Gasteiger charge is -2.13. The van der Waals surface area contributed by atoms with Crippen molar-refractivity contribution in [2.24, 2.45) is 5.10 Å². The Hall–Kier alpha value is -4.21. The van der Waals surface area contributed by atoms with Gasteiger partial charge in [-0.05, 0) is 57.0 Å². The van der Waals surface area contributed by atoms with Crippen molar-refractivity contribution in [3.8, 4) is 11.5 Å². The van der Waals surface area contributed by atoms with Crippen LogP contribution >= 0.6 is 0 Å². The van der Waals surface area contributed by atoms with Crippen molar-refractivity contribution < 1.29 is 19.2 Å². The number of aromatic nitrogens is 2. The predicted molar refractivity (Wildman–Crippen MR) is 127 cm³/mol. The molecule has 0 saturated carbocycles. The van der Waals surface area contributed by atoms with Crippen molar-refractivity contribution in [3.05, 3.63) is 80.7 Å². The Kier molecular flexibility index (Phi) is 7.96. The van der Waals surface area contributed by atoms with E-state index >= 15 is 0 Å². The van der Waals surface area contributed by atoms with Crippen LogP contribution < -0.4 is 14.9 Å². The fourth-order valence-corrected chi connectivity index (χ4v) is 3.29. The van der Waals surface area contributed by atoms with Gasteiger partial charge in [-0.25, -0.2) is 5.43 Å². The number of nitrogens with one attached hydrogen (secondary N) is 1. The third-order valence-corrected chi connectivity index (χ3v) is 5.00. The lowest BCUT2D eigenvalue weighted by Crippen LogP contribution is -2.24. The summed E-state index contributed by atoms with van der Waals surface area (Å²) < 4.78 is 12.9. The molecule has 10 nitrogen and oxygen atoms in total. The van der Waals surface area contributed by atoms with Crippen LogP contribution in [0.15, 0.2) is 47.6 Å². The zero-order valence-corrected chi connectivity index (χ0v) is 19.6. The van der Waals surface area contributed by atoms with E-state index in [1.54, 1.807) is 25.1 Å². The number of ether oxygens (including phenoxy) is 2. The first-order valence-electron chi connectivity index (χ1n) is 10.7. The smallest absolute Gasteiger partial charge is 0.312 e.